The second kappa shape index (κ2) is 5.93. The Labute approximate surface area is 135 Å². The molecule has 110 valence electrons. The molecule has 0 aromatic heterocycles. The molecule has 4 rings (SSSR count). The largest absolute Gasteiger partial charge is 0.349 e. The molecule has 0 atom stereocenters. The molecule has 2 nitrogen and oxygen atoms in total. The predicted octanol–water partition coefficient (Wildman–Crippen LogP) is 3.35. The van der Waals surface area contributed by atoms with Crippen LogP contribution in [0.5, 0.6) is 0 Å². The van der Waals surface area contributed by atoms with Gasteiger partial charge < -0.3 is 5.32 Å². The molecule has 23 heavy (non-hydrogen) atoms. The van der Waals surface area contributed by atoms with Crippen LogP contribution >= 0.6 is 0 Å². The van der Waals surface area contributed by atoms with Crippen LogP contribution in [-0.2, 0) is 0 Å². The molecule has 0 unspecified atom stereocenters. The van der Waals surface area contributed by atoms with Crippen molar-refractivity contribution in [1.29, 1.82) is 0 Å². The van der Waals surface area contributed by atoms with E-state index in [0.29, 0.717) is 0 Å². The van der Waals surface area contributed by atoms with Gasteiger partial charge in [-0.1, -0.05) is 60.7 Å². The summed E-state index contributed by atoms with van der Waals surface area (Å²) in [5, 5.41) is 3.55. The fourth-order valence-corrected chi connectivity index (χ4v) is 2.75. The average Bonchev–Trinajstić information content (AvgIpc) is 2.83. The van der Waals surface area contributed by atoms with E-state index in [1.807, 2.05) is 24.3 Å². The third-order valence-electron chi connectivity index (χ3n) is 3.92. The van der Waals surface area contributed by atoms with Crippen molar-refractivity contribution in [3.63, 3.8) is 0 Å². The Morgan fingerprint density at radius 3 is 1.96 bits per heavy atom. The van der Waals surface area contributed by atoms with Gasteiger partial charge in [0.05, 0.1) is 5.70 Å². The van der Waals surface area contributed by atoms with Crippen LogP contribution in [0.4, 0.5) is 11.4 Å². The summed E-state index contributed by atoms with van der Waals surface area (Å²) in [5.74, 6) is 0. The van der Waals surface area contributed by atoms with Gasteiger partial charge in [-0.3, -0.25) is 0 Å². The molecule has 2 heteroatoms. The zero-order chi connectivity index (χ0) is 15.5. The van der Waals surface area contributed by atoms with Gasteiger partial charge in [-0.15, -0.1) is 0 Å². The van der Waals surface area contributed by atoms with Gasteiger partial charge in [-0.2, -0.15) is 0 Å². The zero-order valence-electron chi connectivity index (χ0n) is 12.7. The molecule has 0 aliphatic carbocycles. The first-order valence-electron chi connectivity index (χ1n) is 7.73. The van der Waals surface area contributed by atoms with Crippen molar-refractivity contribution < 1.29 is 4.99 Å². The minimum atomic E-state index is 1.08. The van der Waals surface area contributed by atoms with Crippen molar-refractivity contribution in [1.82, 2.24) is 0 Å². The molecule has 0 bridgehead atoms. The van der Waals surface area contributed by atoms with Crippen molar-refractivity contribution in [3.05, 3.63) is 102 Å². The number of para-hydroxylation sites is 2. The van der Waals surface area contributed by atoms with E-state index in [0.717, 1.165) is 22.8 Å². The lowest BCUT2D eigenvalue weighted by atomic mass is 10.1. The third-order valence-corrected chi connectivity index (χ3v) is 3.92. The van der Waals surface area contributed by atoms with Crippen molar-refractivity contribution in [3.8, 4) is 0 Å². The molecule has 0 amide bonds. The lowest BCUT2D eigenvalue weighted by molar-refractivity contribution is -0.350. The SMILES string of the molecule is C1=C(c2ccccc2)Nc2ccccc2[NH+]=C1c1ccccc1. The van der Waals surface area contributed by atoms with Gasteiger partial charge in [0.2, 0.25) is 11.4 Å². The summed E-state index contributed by atoms with van der Waals surface area (Å²) in [6.07, 6.45) is 2.17. The number of nitrogens with one attached hydrogen (secondary N) is 2. The van der Waals surface area contributed by atoms with Crippen LogP contribution in [0.25, 0.3) is 5.70 Å². The number of rotatable bonds is 2. The fourth-order valence-electron chi connectivity index (χ4n) is 2.75. The van der Waals surface area contributed by atoms with E-state index >= 15 is 0 Å². The molecule has 0 radical (unpaired) electrons. The van der Waals surface area contributed by atoms with Crippen LogP contribution in [0.15, 0.2) is 91.0 Å². The topological polar surface area (TPSA) is 26.0 Å². The Hall–Kier alpha value is -3.13. The molecule has 0 saturated carbocycles. The van der Waals surface area contributed by atoms with Crippen molar-refractivity contribution in [2.75, 3.05) is 5.32 Å². The van der Waals surface area contributed by atoms with E-state index in [4.69, 9.17) is 0 Å². The minimum absolute atomic E-state index is 1.08. The van der Waals surface area contributed by atoms with Crippen LogP contribution in [0, 0.1) is 0 Å². The Balaban J connectivity index is 1.89. The molecular formula is C21H17N2+. The van der Waals surface area contributed by atoms with E-state index in [9.17, 15) is 0 Å². The molecule has 2 N–H and O–H groups in total. The summed E-state index contributed by atoms with van der Waals surface area (Å²) in [7, 11) is 0. The maximum atomic E-state index is 3.55. The van der Waals surface area contributed by atoms with Crippen LogP contribution in [0.1, 0.15) is 11.1 Å². The first-order chi connectivity index (χ1) is 11.4. The number of hydrogen-bond acceptors (Lipinski definition) is 1. The summed E-state index contributed by atoms with van der Waals surface area (Å²) in [4.78, 5) is 3.55. The first kappa shape index (κ1) is 13.5. The summed E-state index contributed by atoms with van der Waals surface area (Å²) in [5.41, 5.74) is 6.66. The quantitative estimate of drug-likeness (QED) is 0.745. The lowest BCUT2D eigenvalue weighted by Gasteiger charge is -2.09. The highest BCUT2D eigenvalue weighted by molar-refractivity contribution is 6.11. The Morgan fingerprint density at radius 2 is 1.22 bits per heavy atom. The maximum Gasteiger partial charge on any atom is 0.227 e. The Morgan fingerprint density at radius 1 is 0.609 bits per heavy atom. The van der Waals surface area contributed by atoms with Gasteiger partial charge in [-0.25, -0.2) is 4.99 Å². The minimum Gasteiger partial charge on any atom is -0.349 e. The second-order valence-corrected chi connectivity index (χ2v) is 5.50. The van der Waals surface area contributed by atoms with Crippen molar-refractivity contribution in [2.45, 2.75) is 0 Å². The summed E-state index contributed by atoms with van der Waals surface area (Å²) < 4.78 is 0. The highest BCUT2D eigenvalue weighted by Crippen LogP contribution is 2.24. The highest BCUT2D eigenvalue weighted by Gasteiger charge is 2.18. The van der Waals surface area contributed by atoms with Gasteiger partial charge in [0.25, 0.3) is 0 Å². The Kier molecular flexibility index (Phi) is 3.49. The van der Waals surface area contributed by atoms with E-state index in [1.54, 1.807) is 0 Å². The van der Waals surface area contributed by atoms with Crippen LogP contribution in [-0.4, -0.2) is 5.71 Å². The van der Waals surface area contributed by atoms with Crippen molar-refractivity contribution >= 4 is 22.8 Å². The molecule has 1 aliphatic heterocycles. The number of allylic oxidation sites excluding steroid dienone is 1. The van der Waals surface area contributed by atoms with Gasteiger partial charge in [0, 0.05) is 17.7 Å². The van der Waals surface area contributed by atoms with Gasteiger partial charge in [0.15, 0.2) is 0 Å². The van der Waals surface area contributed by atoms with Crippen LogP contribution in [0.3, 0.4) is 0 Å². The molecule has 1 aliphatic rings. The molecule has 3 aromatic carbocycles. The third kappa shape index (κ3) is 2.79. The van der Waals surface area contributed by atoms with E-state index < -0.39 is 0 Å². The van der Waals surface area contributed by atoms with Gasteiger partial charge >= 0.3 is 0 Å². The van der Waals surface area contributed by atoms with E-state index in [2.05, 4.69) is 77.0 Å². The average molecular weight is 297 g/mol. The number of anilines is 1. The summed E-state index contributed by atoms with van der Waals surface area (Å²) >= 11 is 0. The fraction of sp³-hybridized carbons (Fsp3) is 0. The summed E-state index contributed by atoms with van der Waals surface area (Å²) in [6, 6.07) is 29.1. The van der Waals surface area contributed by atoms with Gasteiger partial charge in [0.1, 0.15) is 5.69 Å². The van der Waals surface area contributed by atoms with Crippen molar-refractivity contribution in [2.24, 2.45) is 0 Å². The molecular weight excluding hydrogens is 280 g/mol. The van der Waals surface area contributed by atoms with Gasteiger partial charge in [-0.05, 0) is 23.8 Å². The molecule has 1 heterocycles. The smallest absolute Gasteiger partial charge is 0.227 e. The molecule has 3 aromatic rings. The Bertz CT molecular complexity index is 878. The molecule has 0 fully saturated rings. The zero-order valence-corrected chi connectivity index (χ0v) is 12.7. The summed E-state index contributed by atoms with van der Waals surface area (Å²) in [6.45, 7) is 0. The number of benzene rings is 3. The van der Waals surface area contributed by atoms with Crippen LogP contribution < -0.4 is 10.3 Å². The first-order valence-corrected chi connectivity index (χ1v) is 7.73. The van der Waals surface area contributed by atoms with E-state index in [1.165, 1.54) is 11.1 Å². The van der Waals surface area contributed by atoms with Crippen LogP contribution in [0.2, 0.25) is 0 Å². The number of hydrogen-bond donors (Lipinski definition) is 2. The lowest BCUT2D eigenvalue weighted by Crippen LogP contribution is -2.66. The van der Waals surface area contributed by atoms with E-state index in [-0.39, 0.29) is 0 Å². The highest BCUT2D eigenvalue weighted by atomic mass is 14.9. The second-order valence-electron chi connectivity index (χ2n) is 5.50. The monoisotopic (exact) mass is 297 g/mol. The number of fused-ring (bicyclic) bond motifs is 1. The predicted molar refractivity (Wildman–Crippen MR) is 95.7 cm³/mol. The normalized spacial score (nSPS) is 13.2. The standard InChI is InChI=1S/C21H16N2/c1-3-9-16(10-4-1)20-15-21(17-11-5-2-6-12-17)23-19-14-8-7-13-18(19)22-20/h1-15,22H/p+1. The molecule has 0 spiro atoms. The molecule has 0 saturated heterocycles. The maximum absolute atomic E-state index is 3.55.